The Morgan fingerprint density at radius 3 is 2.76 bits per heavy atom. The average molecular weight is 228 g/mol. The summed E-state index contributed by atoms with van der Waals surface area (Å²) in [4.78, 5) is 8.84. The summed E-state index contributed by atoms with van der Waals surface area (Å²) < 4.78 is 10.8. The van der Waals surface area contributed by atoms with Crippen molar-refractivity contribution in [2.45, 2.75) is 6.42 Å². The first kappa shape index (κ1) is 10.1. The molecule has 0 unspecified atom stereocenters. The van der Waals surface area contributed by atoms with Crippen LogP contribution >= 0.6 is 0 Å². The van der Waals surface area contributed by atoms with Gasteiger partial charge in [0.05, 0.1) is 19.3 Å². The van der Waals surface area contributed by atoms with Crippen molar-refractivity contribution in [2.24, 2.45) is 0 Å². The highest BCUT2D eigenvalue weighted by Gasteiger charge is 2.21. The first-order valence-electron chi connectivity index (χ1n) is 5.51. The van der Waals surface area contributed by atoms with Crippen LogP contribution in [0.1, 0.15) is 5.56 Å². The van der Waals surface area contributed by atoms with Gasteiger partial charge in [0.15, 0.2) is 5.82 Å². The Morgan fingerprint density at radius 1 is 1.18 bits per heavy atom. The first-order chi connectivity index (χ1) is 8.38. The van der Waals surface area contributed by atoms with Crippen LogP contribution in [0.4, 0.5) is 0 Å². The molecule has 17 heavy (non-hydrogen) atoms. The van der Waals surface area contributed by atoms with E-state index in [9.17, 15) is 0 Å². The van der Waals surface area contributed by atoms with E-state index in [1.165, 1.54) is 0 Å². The van der Waals surface area contributed by atoms with Gasteiger partial charge in [0.2, 0.25) is 11.8 Å². The molecule has 2 aromatic rings. The van der Waals surface area contributed by atoms with E-state index in [0.29, 0.717) is 24.2 Å². The van der Waals surface area contributed by atoms with Gasteiger partial charge >= 0.3 is 0 Å². The molecule has 0 spiro atoms. The molecule has 0 saturated heterocycles. The zero-order valence-electron chi connectivity index (χ0n) is 9.51. The van der Waals surface area contributed by atoms with Gasteiger partial charge in [-0.3, -0.25) is 0 Å². The van der Waals surface area contributed by atoms with Crippen molar-refractivity contribution >= 4 is 0 Å². The number of benzene rings is 1. The molecule has 0 saturated carbocycles. The maximum Gasteiger partial charge on any atom is 0.224 e. The molecule has 0 N–H and O–H groups in total. The lowest BCUT2D eigenvalue weighted by Crippen LogP contribution is -1.98. The summed E-state index contributed by atoms with van der Waals surface area (Å²) >= 11 is 0. The molecule has 1 aliphatic rings. The molecular formula is C13H12N2O2. The van der Waals surface area contributed by atoms with Gasteiger partial charge in [-0.25, -0.2) is 0 Å². The molecule has 0 aliphatic carbocycles. The predicted octanol–water partition coefficient (Wildman–Crippen LogP) is 2.09. The zero-order valence-corrected chi connectivity index (χ0v) is 9.51. The van der Waals surface area contributed by atoms with Crippen LogP contribution in [0, 0.1) is 0 Å². The largest absolute Gasteiger partial charge is 0.481 e. The Kier molecular flexibility index (Phi) is 2.40. The number of hydrogen-bond acceptors (Lipinski definition) is 4. The maximum atomic E-state index is 5.47. The van der Waals surface area contributed by atoms with Crippen molar-refractivity contribution in [1.29, 1.82) is 0 Å². The molecule has 0 bridgehead atoms. The van der Waals surface area contributed by atoms with Crippen molar-refractivity contribution in [2.75, 3.05) is 13.7 Å². The molecule has 1 aromatic carbocycles. The highest BCUT2D eigenvalue weighted by atomic mass is 16.5. The summed E-state index contributed by atoms with van der Waals surface area (Å²) in [6, 6.07) is 9.81. The molecular weight excluding hydrogens is 216 g/mol. The van der Waals surface area contributed by atoms with Crippen LogP contribution in [0.3, 0.4) is 0 Å². The third-order valence-electron chi connectivity index (χ3n) is 2.75. The molecule has 1 aromatic heterocycles. The van der Waals surface area contributed by atoms with Gasteiger partial charge < -0.3 is 9.47 Å². The number of aromatic nitrogens is 2. The standard InChI is InChI=1S/C13H12N2O2/c1-16-12-10-7-8-17-13(10)15-11(14-12)9-5-3-2-4-6-9/h2-6H,7-8H2,1H3. The van der Waals surface area contributed by atoms with Crippen LogP contribution in [-0.2, 0) is 6.42 Å². The fourth-order valence-electron chi connectivity index (χ4n) is 1.91. The first-order valence-corrected chi connectivity index (χ1v) is 5.51. The SMILES string of the molecule is COc1nc(-c2ccccc2)nc2c1CCO2. The molecule has 0 fully saturated rings. The topological polar surface area (TPSA) is 44.2 Å². The number of fused-ring (bicyclic) bond motifs is 1. The minimum absolute atomic E-state index is 0.617. The molecule has 0 radical (unpaired) electrons. The lowest BCUT2D eigenvalue weighted by Gasteiger charge is -2.07. The van der Waals surface area contributed by atoms with Crippen molar-refractivity contribution < 1.29 is 9.47 Å². The molecule has 0 amide bonds. The summed E-state index contributed by atoms with van der Waals surface area (Å²) in [5.41, 5.74) is 1.93. The Morgan fingerprint density at radius 2 is 2.00 bits per heavy atom. The minimum Gasteiger partial charge on any atom is -0.481 e. The number of nitrogens with zero attached hydrogens (tertiary/aromatic N) is 2. The van der Waals surface area contributed by atoms with E-state index < -0.39 is 0 Å². The van der Waals surface area contributed by atoms with E-state index >= 15 is 0 Å². The van der Waals surface area contributed by atoms with E-state index in [1.807, 2.05) is 30.3 Å². The summed E-state index contributed by atoms with van der Waals surface area (Å²) in [5.74, 6) is 1.91. The second-order valence-corrected chi connectivity index (χ2v) is 3.80. The maximum absolute atomic E-state index is 5.47. The molecule has 3 rings (SSSR count). The van der Waals surface area contributed by atoms with Gasteiger partial charge in [-0.2, -0.15) is 9.97 Å². The van der Waals surface area contributed by atoms with Crippen molar-refractivity contribution in [3.8, 4) is 23.1 Å². The summed E-state index contributed by atoms with van der Waals surface area (Å²) in [7, 11) is 1.62. The van der Waals surface area contributed by atoms with Gasteiger partial charge in [0.1, 0.15) is 0 Å². The predicted molar refractivity (Wildman–Crippen MR) is 63.2 cm³/mol. The molecule has 0 atom stereocenters. The van der Waals surface area contributed by atoms with Gasteiger partial charge in [-0.05, 0) is 0 Å². The van der Waals surface area contributed by atoms with Gasteiger partial charge in [0.25, 0.3) is 0 Å². The van der Waals surface area contributed by atoms with Crippen LogP contribution < -0.4 is 9.47 Å². The summed E-state index contributed by atoms with van der Waals surface area (Å²) in [6.07, 6.45) is 0.813. The highest BCUT2D eigenvalue weighted by Crippen LogP contribution is 2.32. The molecule has 86 valence electrons. The minimum atomic E-state index is 0.617. The van der Waals surface area contributed by atoms with Crippen LogP contribution in [0.15, 0.2) is 30.3 Å². The zero-order chi connectivity index (χ0) is 11.7. The molecule has 2 heterocycles. The van der Waals surface area contributed by atoms with Crippen LogP contribution in [0.25, 0.3) is 11.4 Å². The highest BCUT2D eigenvalue weighted by molar-refractivity contribution is 5.57. The molecule has 4 nitrogen and oxygen atoms in total. The monoisotopic (exact) mass is 228 g/mol. The van der Waals surface area contributed by atoms with E-state index in [4.69, 9.17) is 9.47 Å². The average Bonchev–Trinajstić information content (AvgIpc) is 2.86. The fraction of sp³-hybridized carbons (Fsp3) is 0.231. The number of methoxy groups -OCH3 is 1. The molecule has 4 heteroatoms. The number of hydrogen-bond donors (Lipinski definition) is 0. The second-order valence-electron chi connectivity index (χ2n) is 3.80. The summed E-state index contributed by atoms with van der Waals surface area (Å²) in [5, 5.41) is 0. The normalized spacial score (nSPS) is 13.0. The van der Waals surface area contributed by atoms with Crippen LogP contribution in [0.5, 0.6) is 11.8 Å². The van der Waals surface area contributed by atoms with E-state index in [1.54, 1.807) is 7.11 Å². The molecule has 1 aliphatic heterocycles. The Labute approximate surface area is 99.2 Å². The smallest absolute Gasteiger partial charge is 0.224 e. The Bertz CT molecular complexity index is 541. The lowest BCUT2D eigenvalue weighted by atomic mass is 10.2. The summed E-state index contributed by atoms with van der Waals surface area (Å²) in [6.45, 7) is 0.651. The quantitative estimate of drug-likeness (QED) is 0.789. The Hall–Kier alpha value is -2.10. The Balaban J connectivity index is 2.13. The van der Waals surface area contributed by atoms with Gasteiger partial charge in [-0.15, -0.1) is 0 Å². The lowest BCUT2D eigenvalue weighted by molar-refractivity contribution is 0.344. The third kappa shape index (κ3) is 1.71. The van der Waals surface area contributed by atoms with E-state index in [2.05, 4.69) is 9.97 Å². The van der Waals surface area contributed by atoms with Crippen LogP contribution in [-0.4, -0.2) is 23.7 Å². The van der Waals surface area contributed by atoms with Crippen LogP contribution in [0.2, 0.25) is 0 Å². The fourth-order valence-corrected chi connectivity index (χ4v) is 1.91. The van der Waals surface area contributed by atoms with Crippen molar-refractivity contribution in [3.05, 3.63) is 35.9 Å². The second kappa shape index (κ2) is 4.05. The van der Waals surface area contributed by atoms with E-state index in [-0.39, 0.29) is 0 Å². The van der Waals surface area contributed by atoms with Crippen molar-refractivity contribution in [3.63, 3.8) is 0 Å². The number of rotatable bonds is 2. The van der Waals surface area contributed by atoms with Gasteiger partial charge in [0, 0.05) is 12.0 Å². The van der Waals surface area contributed by atoms with E-state index in [0.717, 1.165) is 17.5 Å². The number of ether oxygens (including phenoxy) is 2. The van der Waals surface area contributed by atoms with Gasteiger partial charge in [-0.1, -0.05) is 30.3 Å². The van der Waals surface area contributed by atoms with Crippen molar-refractivity contribution in [1.82, 2.24) is 9.97 Å². The third-order valence-corrected chi connectivity index (χ3v) is 2.75.